The van der Waals surface area contributed by atoms with Gasteiger partial charge in [0.2, 0.25) is 0 Å². The molecule has 16 heavy (non-hydrogen) atoms. The fourth-order valence-corrected chi connectivity index (χ4v) is 1.73. The fourth-order valence-electron chi connectivity index (χ4n) is 1.39. The first kappa shape index (κ1) is 11.1. The Morgan fingerprint density at radius 3 is 2.81 bits per heavy atom. The summed E-state index contributed by atoms with van der Waals surface area (Å²) >= 11 is 3.47. The number of aryl methyl sites for hydroxylation is 1. The molecule has 0 radical (unpaired) electrons. The molecule has 2 rings (SSSR count). The summed E-state index contributed by atoms with van der Waals surface area (Å²) in [6.07, 6.45) is 3.56. The molecule has 0 saturated carbocycles. The van der Waals surface area contributed by atoms with Gasteiger partial charge in [0.15, 0.2) is 0 Å². The molecule has 3 heteroatoms. The van der Waals surface area contributed by atoms with Crippen LogP contribution in [0.1, 0.15) is 11.1 Å². The van der Waals surface area contributed by atoms with Crippen molar-refractivity contribution in [2.75, 3.05) is 0 Å². The van der Waals surface area contributed by atoms with Crippen molar-refractivity contribution >= 4 is 15.9 Å². The molecule has 0 amide bonds. The Morgan fingerprint density at radius 1 is 1.25 bits per heavy atom. The lowest BCUT2D eigenvalue weighted by Gasteiger charge is -2.09. The zero-order valence-electron chi connectivity index (χ0n) is 8.98. The van der Waals surface area contributed by atoms with E-state index < -0.39 is 0 Å². The largest absolute Gasteiger partial charge is 0.489 e. The Bertz CT molecular complexity index is 439. The zero-order valence-corrected chi connectivity index (χ0v) is 10.6. The number of hydrogen-bond acceptors (Lipinski definition) is 2. The van der Waals surface area contributed by atoms with Crippen LogP contribution in [0.2, 0.25) is 0 Å². The van der Waals surface area contributed by atoms with E-state index in [4.69, 9.17) is 4.74 Å². The van der Waals surface area contributed by atoms with Crippen LogP contribution in [-0.2, 0) is 6.61 Å². The van der Waals surface area contributed by atoms with Gasteiger partial charge in [0.25, 0.3) is 0 Å². The lowest BCUT2D eigenvalue weighted by molar-refractivity contribution is 0.303. The second-order valence-corrected chi connectivity index (χ2v) is 4.38. The van der Waals surface area contributed by atoms with E-state index in [1.54, 1.807) is 6.20 Å². The van der Waals surface area contributed by atoms with Gasteiger partial charge in [-0.25, -0.2) is 0 Å². The molecule has 1 heterocycles. The number of nitrogens with zero attached hydrogens (tertiary/aromatic N) is 1. The second kappa shape index (κ2) is 5.12. The van der Waals surface area contributed by atoms with Crippen molar-refractivity contribution in [2.45, 2.75) is 13.5 Å². The molecule has 0 atom stereocenters. The van der Waals surface area contributed by atoms with Gasteiger partial charge >= 0.3 is 0 Å². The number of ether oxygens (including phenoxy) is 1. The van der Waals surface area contributed by atoms with E-state index in [9.17, 15) is 0 Å². The van der Waals surface area contributed by atoms with E-state index in [2.05, 4.69) is 20.9 Å². The maximum atomic E-state index is 5.73. The number of rotatable bonds is 3. The van der Waals surface area contributed by atoms with Crippen LogP contribution in [0.3, 0.4) is 0 Å². The molecule has 0 spiro atoms. The Kier molecular flexibility index (Phi) is 3.57. The van der Waals surface area contributed by atoms with Crippen molar-refractivity contribution in [3.8, 4) is 5.75 Å². The van der Waals surface area contributed by atoms with Gasteiger partial charge in [-0.2, -0.15) is 0 Å². The molecule has 0 fully saturated rings. The number of halogens is 1. The first-order valence-corrected chi connectivity index (χ1v) is 5.83. The number of hydrogen-bond donors (Lipinski definition) is 0. The van der Waals surface area contributed by atoms with Crippen LogP contribution in [0.25, 0.3) is 0 Å². The molecule has 2 aromatic rings. The predicted octanol–water partition coefficient (Wildman–Crippen LogP) is 3.73. The van der Waals surface area contributed by atoms with Crippen molar-refractivity contribution in [3.63, 3.8) is 0 Å². The lowest BCUT2D eigenvalue weighted by atomic mass is 10.2. The summed E-state index contributed by atoms with van der Waals surface area (Å²) < 4.78 is 6.76. The van der Waals surface area contributed by atoms with Gasteiger partial charge in [-0.15, -0.1) is 0 Å². The Hall–Kier alpha value is -1.35. The van der Waals surface area contributed by atoms with Crippen LogP contribution >= 0.6 is 15.9 Å². The molecule has 0 saturated heterocycles. The standard InChI is InChI=1S/C13H12BrNO/c1-10-4-2-3-5-13(10)16-9-11-8-15-7-6-12(11)14/h2-8H,9H2,1H3. The van der Waals surface area contributed by atoms with Crippen LogP contribution < -0.4 is 4.74 Å². The molecule has 0 N–H and O–H groups in total. The minimum absolute atomic E-state index is 0.527. The molecule has 1 aromatic carbocycles. The average Bonchev–Trinajstić information content (AvgIpc) is 2.30. The van der Waals surface area contributed by atoms with Gasteiger partial charge in [-0.1, -0.05) is 34.1 Å². The van der Waals surface area contributed by atoms with Gasteiger partial charge in [0, 0.05) is 22.4 Å². The summed E-state index contributed by atoms with van der Waals surface area (Å²) in [5.41, 5.74) is 2.19. The van der Waals surface area contributed by atoms with Crippen molar-refractivity contribution < 1.29 is 4.74 Å². The molecular formula is C13H12BrNO. The molecule has 0 aliphatic carbocycles. The molecule has 2 nitrogen and oxygen atoms in total. The van der Waals surface area contributed by atoms with E-state index in [-0.39, 0.29) is 0 Å². The van der Waals surface area contributed by atoms with Crippen LogP contribution in [0, 0.1) is 6.92 Å². The quantitative estimate of drug-likeness (QED) is 0.853. The molecule has 0 aliphatic rings. The minimum Gasteiger partial charge on any atom is -0.489 e. The molecule has 0 aliphatic heterocycles. The monoisotopic (exact) mass is 277 g/mol. The average molecular weight is 278 g/mol. The normalized spacial score (nSPS) is 10.1. The summed E-state index contributed by atoms with van der Waals surface area (Å²) in [7, 11) is 0. The highest BCUT2D eigenvalue weighted by atomic mass is 79.9. The van der Waals surface area contributed by atoms with Crippen molar-refractivity contribution in [3.05, 3.63) is 58.3 Å². The highest BCUT2D eigenvalue weighted by Crippen LogP contribution is 2.20. The van der Waals surface area contributed by atoms with Gasteiger partial charge in [0.05, 0.1) is 0 Å². The summed E-state index contributed by atoms with van der Waals surface area (Å²) in [5, 5.41) is 0. The van der Waals surface area contributed by atoms with Crippen LogP contribution in [0.15, 0.2) is 47.2 Å². The highest BCUT2D eigenvalue weighted by Gasteiger charge is 2.02. The second-order valence-electron chi connectivity index (χ2n) is 3.52. The molecule has 1 aromatic heterocycles. The van der Waals surface area contributed by atoms with E-state index in [0.717, 1.165) is 21.3 Å². The van der Waals surface area contributed by atoms with Crippen LogP contribution in [0.4, 0.5) is 0 Å². The van der Waals surface area contributed by atoms with E-state index in [1.165, 1.54) is 0 Å². The topological polar surface area (TPSA) is 22.1 Å². The third-order valence-corrected chi connectivity index (χ3v) is 3.09. The van der Waals surface area contributed by atoms with Crippen LogP contribution in [0.5, 0.6) is 5.75 Å². The maximum absolute atomic E-state index is 5.73. The summed E-state index contributed by atoms with van der Waals surface area (Å²) in [5.74, 6) is 0.915. The third-order valence-electron chi connectivity index (χ3n) is 2.32. The van der Waals surface area contributed by atoms with E-state index >= 15 is 0 Å². The summed E-state index contributed by atoms with van der Waals surface area (Å²) in [4.78, 5) is 4.07. The van der Waals surface area contributed by atoms with E-state index in [0.29, 0.717) is 6.61 Å². The molecular weight excluding hydrogens is 266 g/mol. The Morgan fingerprint density at radius 2 is 2.06 bits per heavy atom. The van der Waals surface area contributed by atoms with Gasteiger partial charge < -0.3 is 4.74 Å². The number of benzene rings is 1. The third kappa shape index (κ3) is 2.61. The summed E-state index contributed by atoms with van der Waals surface area (Å²) in [6.45, 7) is 2.56. The smallest absolute Gasteiger partial charge is 0.122 e. The zero-order chi connectivity index (χ0) is 11.4. The highest BCUT2D eigenvalue weighted by molar-refractivity contribution is 9.10. The summed E-state index contributed by atoms with van der Waals surface area (Å²) in [6, 6.07) is 9.90. The van der Waals surface area contributed by atoms with Crippen LogP contribution in [-0.4, -0.2) is 4.98 Å². The van der Waals surface area contributed by atoms with Crippen molar-refractivity contribution in [1.29, 1.82) is 0 Å². The number of aromatic nitrogens is 1. The number of pyridine rings is 1. The number of para-hydroxylation sites is 1. The molecule has 0 unspecified atom stereocenters. The van der Waals surface area contributed by atoms with E-state index in [1.807, 2.05) is 43.5 Å². The maximum Gasteiger partial charge on any atom is 0.122 e. The lowest BCUT2D eigenvalue weighted by Crippen LogP contribution is -1.98. The first-order chi connectivity index (χ1) is 7.77. The Labute approximate surface area is 103 Å². The predicted molar refractivity (Wildman–Crippen MR) is 67.4 cm³/mol. The fraction of sp³-hybridized carbons (Fsp3) is 0.154. The van der Waals surface area contributed by atoms with Gasteiger partial charge in [-0.3, -0.25) is 4.98 Å². The van der Waals surface area contributed by atoms with Gasteiger partial charge in [-0.05, 0) is 24.6 Å². The van der Waals surface area contributed by atoms with Gasteiger partial charge in [0.1, 0.15) is 12.4 Å². The molecule has 82 valence electrons. The molecule has 0 bridgehead atoms. The first-order valence-electron chi connectivity index (χ1n) is 5.04. The van der Waals surface area contributed by atoms with Crippen molar-refractivity contribution in [1.82, 2.24) is 4.98 Å². The van der Waals surface area contributed by atoms with Crippen molar-refractivity contribution in [2.24, 2.45) is 0 Å². The minimum atomic E-state index is 0.527. The SMILES string of the molecule is Cc1ccccc1OCc1cnccc1Br. The Balaban J connectivity index is 2.09.